The average molecular weight is 444 g/mol. The van der Waals surface area contributed by atoms with E-state index >= 15 is 0 Å². The van der Waals surface area contributed by atoms with Crippen molar-refractivity contribution >= 4 is 12.7 Å². The lowest BCUT2D eigenvalue weighted by molar-refractivity contribution is 0.667. The number of hydrogen-bond acceptors (Lipinski definition) is 1. The van der Waals surface area contributed by atoms with Crippen LogP contribution in [0.25, 0.3) is 46.2 Å². The van der Waals surface area contributed by atoms with Crippen molar-refractivity contribution in [1.29, 1.82) is 0 Å². The number of aromatic nitrogens is 1. The molecule has 0 aliphatic rings. The van der Waals surface area contributed by atoms with Crippen molar-refractivity contribution in [3.63, 3.8) is 0 Å². The van der Waals surface area contributed by atoms with Crippen molar-refractivity contribution in [3.8, 4) is 33.5 Å². The summed E-state index contributed by atoms with van der Waals surface area (Å²) in [5.41, 5.74) is 8.14. The molecule has 0 bridgehead atoms. The van der Waals surface area contributed by atoms with E-state index in [1.807, 2.05) is 12.1 Å². The van der Waals surface area contributed by atoms with E-state index in [4.69, 9.17) is 4.98 Å². The van der Waals surface area contributed by atoms with Crippen LogP contribution in [-0.4, -0.2) is 4.98 Å². The first kappa shape index (κ1) is 23.4. The number of hydrogen-bond donors (Lipinski definition) is 0. The minimum Gasteiger partial charge on any atom is -0.248 e. The summed E-state index contributed by atoms with van der Waals surface area (Å²) in [6.07, 6.45) is 10.1. The van der Waals surface area contributed by atoms with Crippen LogP contribution >= 0.6 is 0 Å². The third kappa shape index (κ3) is 5.61. The lowest BCUT2D eigenvalue weighted by Crippen LogP contribution is -2.29. The summed E-state index contributed by atoms with van der Waals surface area (Å²) in [6.45, 7) is 10.4. The first-order valence-corrected chi connectivity index (χ1v) is 12.3. The Kier molecular flexibility index (Phi) is 7.88. The monoisotopic (exact) mass is 443 g/mol. The van der Waals surface area contributed by atoms with Gasteiger partial charge in [-0.2, -0.15) is 0 Å². The van der Waals surface area contributed by atoms with E-state index in [0.717, 1.165) is 39.4 Å². The van der Waals surface area contributed by atoms with Crippen molar-refractivity contribution < 1.29 is 0 Å². The number of allylic oxidation sites excluding steroid dienone is 1. The first-order chi connectivity index (χ1) is 16.7. The van der Waals surface area contributed by atoms with Crippen LogP contribution in [0.1, 0.15) is 38.2 Å². The van der Waals surface area contributed by atoms with Gasteiger partial charge >= 0.3 is 0 Å². The Hall–Kier alpha value is -3.71. The standard InChI is InChI=1S/C33H33N/c1-4-6-7-9-14-26-19-21-27(22-20-26)29-17-12-18-30(23-29)33-24-32(28-15-10-8-11-16-28)31(13-5-2)25(3)34-33/h5,8,10-13,15-24H,2-4,6-7,9,14H2,1H3/b31-13+. The van der Waals surface area contributed by atoms with Crippen LogP contribution in [0.15, 0.2) is 97.6 Å². The van der Waals surface area contributed by atoms with E-state index in [9.17, 15) is 0 Å². The minimum atomic E-state index is 0.758. The van der Waals surface area contributed by atoms with E-state index in [2.05, 4.69) is 98.9 Å². The maximum atomic E-state index is 4.86. The van der Waals surface area contributed by atoms with Gasteiger partial charge in [0.25, 0.3) is 0 Å². The van der Waals surface area contributed by atoms with Crippen LogP contribution in [0.3, 0.4) is 0 Å². The highest BCUT2D eigenvalue weighted by Crippen LogP contribution is 2.27. The molecule has 0 fully saturated rings. The van der Waals surface area contributed by atoms with Gasteiger partial charge in [0, 0.05) is 10.8 Å². The number of benzene rings is 3. The first-order valence-electron chi connectivity index (χ1n) is 12.3. The molecule has 0 spiro atoms. The molecule has 4 rings (SSSR count). The van der Waals surface area contributed by atoms with Crippen molar-refractivity contribution in [2.24, 2.45) is 0 Å². The smallest absolute Gasteiger partial charge is 0.0715 e. The molecular formula is C33H33N. The second-order valence-electron chi connectivity index (χ2n) is 8.77. The van der Waals surface area contributed by atoms with E-state index in [0.29, 0.717) is 0 Å². The Balaban J connectivity index is 1.67. The van der Waals surface area contributed by atoms with Crippen molar-refractivity contribution in [3.05, 3.63) is 114 Å². The summed E-state index contributed by atoms with van der Waals surface area (Å²) in [5.74, 6) is 0. The Labute approximate surface area is 203 Å². The van der Waals surface area contributed by atoms with Gasteiger partial charge in [-0.1, -0.05) is 124 Å². The predicted molar refractivity (Wildman–Crippen MR) is 148 cm³/mol. The molecule has 3 aromatic carbocycles. The molecule has 4 aromatic rings. The van der Waals surface area contributed by atoms with Gasteiger partial charge in [-0.05, 0) is 52.8 Å². The zero-order valence-corrected chi connectivity index (χ0v) is 20.1. The summed E-state index contributed by atoms with van der Waals surface area (Å²) >= 11 is 0. The molecule has 0 N–H and O–H groups in total. The molecule has 0 radical (unpaired) electrons. The zero-order chi connectivity index (χ0) is 23.8. The number of unbranched alkanes of at least 4 members (excludes halogenated alkanes) is 3. The van der Waals surface area contributed by atoms with Crippen molar-refractivity contribution in [2.75, 3.05) is 0 Å². The fourth-order valence-corrected chi connectivity index (χ4v) is 4.39. The average Bonchev–Trinajstić information content (AvgIpc) is 2.89. The maximum Gasteiger partial charge on any atom is 0.0715 e. The second kappa shape index (κ2) is 11.4. The van der Waals surface area contributed by atoms with Crippen LogP contribution < -0.4 is 10.6 Å². The molecule has 0 atom stereocenters. The second-order valence-corrected chi connectivity index (χ2v) is 8.77. The van der Waals surface area contributed by atoms with Gasteiger partial charge in [-0.15, -0.1) is 0 Å². The highest BCUT2D eigenvalue weighted by molar-refractivity contribution is 5.75. The van der Waals surface area contributed by atoms with Gasteiger partial charge in [-0.3, -0.25) is 0 Å². The van der Waals surface area contributed by atoms with Crippen molar-refractivity contribution in [2.45, 2.75) is 39.0 Å². The van der Waals surface area contributed by atoms with Crippen molar-refractivity contribution in [1.82, 2.24) is 4.98 Å². The lowest BCUT2D eigenvalue weighted by Gasteiger charge is -2.10. The zero-order valence-electron chi connectivity index (χ0n) is 20.1. The number of rotatable bonds is 9. The molecule has 170 valence electrons. The molecule has 0 aliphatic carbocycles. The third-order valence-electron chi connectivity index (χ3n) is 6.27. The molecule has 0 saturated carbocycles. The van der Waals surface area contributed by atoms with Crippen LogP contribution in [0.2, 0.25) is 0 Å². The molecular weight excluding hydrogens is 410 g/mol. The van der Waals surface area contributed by atoms with E-state index < -0.39 is 0 Å². The predicted octanol–water partition coefficient (Wildman–Crippen LogP) is 7.58. The van der Waals surface area contributed by atoms with Crippen LogP contribution in [0.5, 0.6) is 0 Å². The molecule has 0 saturated heterocycles. The highest BCUT2D eigenvalue weighted by Gasteiger charge is 2.08. The lowest BCUT2D eigenvalue weighted by atomic mass is 9.97. The largest absolute Gasteiger partial charge is 0.248 e. The summed E-state index contributed by atoms with van der Waals surface area (Å²) in [7, 11) is 0. The van der Waals surface area contributed by atoms with Gasteiger partial charge in [0.2, 0.25) is 0 Å². The summed E-state index contributed by atoms with van der Waals surface area (Å²) in [6, 6.07) is 30.2. The van der Waals surface area contributed by atoms with E-state index in [-0.39, 0.29) is 0 Å². The van der Waals surface area contributed by atoms with Gasteiger partial charge in [0.15, 0.2) is 0 Å². The summed E-state index contributed by atoms with van der Waals surface area (Å²) in [4.78, 5) is 4.86. The van der Waals surface area contributed by atoms with E-state index in [1.54, 1.807) is 6.08 Å². The fourth-order valence-electron chi connectivity index (χ4n) is 4.39. The highest BCUT2D eigenvalue weighted by atomic mass is 14.7. The Bertz CT molecular complexity index is 1350. The van der Waals surface area contributed by atoms with Gasteiger partial charge < -0.3 is 0 Å². The summed E-state index contributed by atoms with van der Waals surface area (Å²) < 4.78 is 0. The molecule has 1 nitrogen and oxygen atoms in total. The minimum absolute atomic E-state index is 0.758. The molecule has 0 aliphatic heterocycles. The molecule has 34 heavy (non-hydrogen) atoms. The van der Waals surface area contributed by atoms with E-state index in [1.165, 1.54) is 42.4 Å². The Morgan fingerprint density at radius 2 is 1.47 bits per heavy atom. The molecule has 0 amide bonds. The normalized spacial score (nSPS) is 11.5. The molecule has 1 heterocycles. The number of nitrogens with zero attached hydrogens (tertiary/aromatic N) is 1. The van der Waals surface area contributed by atoms with Crippen LogP contribution in [-0.2, 0) is 6.42 Å². The molecule has 0 unspecified atom stereocenters. The number of aryl methyl sites for hydroxylation is 1. The third-order valence-corrected chi connectivity index (χ3v) is 6.27. The molecule has 1 heteroatoms. The van der Waals surface area contributed by atoms with Gasteiger partial charge in [0.1, 0.15) is 0 Å². The topological polar surface area (TPSA) is 12.9 Å². The van der Waals surface area contributed by atoms with Gasteiger partial charge in [0.05, 0.1) is 11.0 Å². The molecule has 1 aromatic heterocycles. The van der Waals surface area contributed by atoms with Crippen LogP contribution in [0.4, 0.5) is 0 Å². The quantitative estimate of drug-likeness (QED) is 0.243. The fraction of sp³-hybridized carbons (Fsp3) is 0.182. The van der Waals surface area contributed by atoms with Gasteiger partial charge in [-0.25, -0.2) is 4.98 Å². The SMILES string of the molecule is C=C/C=c1/c(-c2ccccc2)cc(-c2cccc(-c3ccc(CCCCCC)cc3)c2)nc1=C. The van der Waals surface area contributed by atoms with Crippen LogP contribution in [0, 0.1) is 0 Å². The maximum absolute atomic E-state index is 4.86. The Morgan fingerprint density at radius 1 is 0.735 bits per heavy atom. The number of pyridine rings is 1. The summed E-state index contributed by atoms with van der Waals surface area (Å²) in [5, 5.41) is 1.77. The Morgan fingerprint density at radius 3 is 2.21 bits per heavy atom.